The zero-order chi connectivity index (χ0) is 19.4. The molecule has 4 unspecified atom stereocenters. The standard InChI is InChI=1S/C17H17F3N2O5/c18-17(19,20)6-1-22(12(27)21-10(6)26)2-16-7-8-13(3-23)9(7)15(16,5-25)11(13)14(8,16)4-24/h1,7-9,11,23-25H,2-5H2,(H,21,26,27). The summed E-state index contributed by atoms with van der Waals surface area (Å²) < 4.78 is 40.1. The van der Waals surface area contributed by atoms with Gasteiger partial charge in [0.2, 0.25) is 0 Å². The van der Waals surface area contributed by atoms with Gasteiger partial charge in [0.25, 0.3) is 5.56 Å². The number of aliphatic hydroxyl groups excluding tert-OH is 3. The number of H-pyrrole nitrogens is 1. The lowest BCUT2D eigenvalue weighted by molar-refractivity contribution is -0.748. The largest absolute Gasteiger partial charge is 0.423 e. The maximum absolute atomic E-state index is 13.1. The highest BCUT2D eigenvalue weighted by molar-refractivity contribution is 5.64. The van der Waals surface area contributed by atoms with Crippen molar-refractivity contribution < 1.29 is 28.5 Å². The summed E-state index contributed by atoms with van der Waals surface area (Å²) in [7, 11) is 0. The molecule has 1 heterocycles. The Labute approximate surface area is 149 Å². The molecular formula is C17H17F3N2O5. The first-order valence-corrected chi connectivity index (χ1v) is 8.90. The lowest BCUT2D eigenvalue weighted by atomic mass is 8.84. The summed E-state index contributed by atoms with van der Waals surface area (Å²) in [6.45, 7) is -0.457. The molecule has 27 heavy (non-hydrogen) atoms. The third kappa shape index (κ3) is 1.04. The fourth-order valence-electron chi connectivity index (χ4n) is 9.35. The van der Waals surface area contributed by atoms with Gasteiger partial charge in [0.15, 0.2) is 0 Å². The number of aliphatic hydroxyl groups is 3. The molecule has 1 aromatic heterocycles. The van der Waals surface area contributed by atoms with Crippen LogP contribution in [0, 0.1) is 45.3 Å². The number of hydrogen-bond donors (Lipinski definition) is 4. The van der Waals surface area contributed by atoms with Gasteiger partial charge in [-0.2, -0.15) is 13.2 Å². The third-order valence-electron chi connectivity index (χ3n) is 9.32. The van der Waals surface area contributed by atoms with E-state index in [0.717, 1.165) is 4.57 Å². The van der Waals surface area contributed by atoms with Crippen LogP contribution in [0.25, 0.3) is 0 Å². The van der Waals surface area contributed by atoms with Crippen LogP contribution in [0.1, 0.15) is 5.56 Å². The van der Waals surface area contributed by atoms with Gasteiger partial charge in [-0.05, 0) is 23.7 Å². The van der Waals surface area contributed by atoms with Gasteiger partial charge in [-0.3, -0.25) is 14.3 Å². The number of nitrogens with zero attached hydrogens (tertiary/aromatic N) is 1. The summed E-state index contributed by atoms with van der Waals surface area (Å²) >= 11 is 0. The van der Waals surface area contributed by atoms with Gasteiger partial charge in [0.1, 0.15) is 5.56 Å². The predicted octanol–water partition coefficient (Wildman–Crippen LogP) is -0.989. The summed E-state index contributed by atoms with van der Waals surface area (Å²) in [4.78, 5) is 25.4. The van der Waals surface area contributed by atoms with Crippen LogP contribution >= 0.6 is 0 Å². The molecule has 0 radical (unpaired) electrons. The zero-order valence-corrected chi connectivity index (χ0v) is 14.0. The van der Waals surface area contributed by atoms with Crippen molar-refractivity contribution in [2.24, 2.45) is 45.3 Å². The molecule has 6 fully saturated rings. The van der Waals surface area contributed by atoms with E-state index in [-0.39, 0.29) is 55.5 Å². The maximum atomic E-state index is 13.1. The fourth-order valence-corrected chi connectivity index (χ4v) is 9.35. The summed E-state index contributed by atoms with van der Waals surface area (Å²) in [6, 6.07) is 0. The normalized spacial score (nSPS) is 52.1. The fraction of sp³-hybridized carbons (Fsp3) is 0.765. The lowest BCUT2D eigenvalue weighted by Gasteiger charge is -3.19. The summed E-state index contributed by atoms with van der Waals surface area (Å²) in [5.74, 6) is 0.230. The van der Waals surface area contributed by atoms with Crippen LogP contribution in [0.4, 0.5) is 13.2 Å². The molecule has 0 aliphatic heterocycles. The number of rotatable bonds is 5. The molecule has 0 aromatic carbocycles. The molecule has 7 nitrogen and oxygen atoms in total. The van der Waals surface area contributed by atoms with Crippen molar-refractivity contribution in [2.75, 3.05) is 19.8 Å². The number of alkyl halides is 3. The monoisotopic (exact) mass is 386 g/mol. The SMILES string of the molecule is O=c1[nH]c(=O)n(CC23C4C5C6(CO)C4C2(CO)C6C53CO)cc1C(F)(F)F. The third-order valence-corrected chi connectivity index (χ3v) is 9.32. The van der Waals surface area contributed by atoms with Crippen LogP contribution in [0.2, 0.25) is 0 Å². The highest BCUT2D eigenvalue weighted by atomic mass is 19.4. The van der Waals surface area contributed by atoms with Crippen LogP contribution in [0.5, 0.6) is 0 Å². The Morgan fingerprint density at radius 1 is 1.07 bits per heavy atom. The molecule has 0 bridgehead atoms. The number of aromatic nitrogens is 2. The molecule has 7 rings (SSSR count). The van der Waals surface area contributed by atoms with Gasteiger partial charge in [-0.25, -0.2) is 4.79 Å². The van der Waals surface area contributed by atoms with Gasteiger partial charge >= 0.3 is 11.9 Å². The minimum absolute atomic E-state index is 0.0140. The molecule has 4 atom stereocenters. The van der Waals surface area contributed by atoms with E-state index in [1.54, 1.807) is 4.98 Å². The summed E-state index contributed by atoms with van der Waals surface area (Å²) in [5.41, 5.74) is -5.86. The van der Waals surface area contributed by atoms with Gasteiger partial charge < -0.3 is 15.3 Å². The topological polar surface area (TPSA) is 116 Å². The van der Waals surface area contributed by atoms with Gasteiger partial charge in [-0.1, -0.05) is 0 Å². The van der Waals surface area contributed by atoms with Gasteiger partial charge in [0.05, 0.1) is 0 Å². The first kappa shape index (κ1) is 16.3. The molecule has 0 amide bonds. The van der Waals surface area contributed by atoms with E-state index >= 15 is 0 Å². The van der Waals surface area contributed by atoms with Crippen molar-refractivity contribution >= 4 is 0 Å². The molecule has 0 saturated heterocycles. The van der Waals surface area contributed by atoms with E-state index in [9.17, 15) is 38.1 Å². The first-order valence-electron chi connectivity index (χ1n) is 8.90. The second-order valence-corrected chi connectivity index (χ2v) is 8.98. The van der Waals surface area contributed by atoms with E-state index in [2.05, 4.69) is 0 Å². The molecule has 6 aliphatic carbocycles. The molecule has 146 valence electrons. The Bertz CT molecular complexity index is 1000. The van der Waals surface area contributed by atoms with E-state index in [0.29, 0.717) is 6.20 Å². The minimum Gasteiger partial charge on any atom is -0.396 e. The lowest BCUT2D eigenvalue weighted by Crippen LogP contribution is -3.20. The van der Waals surface area contributed by atoms with Crippen LogP contribution < -0.4 is 11.2 Å². The van der Waals surface area contributed by atoms with Crippen molar-refractivity contribution in [3.8, 4) is 0 Å². The predicted molar refractivity (Wildman–Crippen MR) is 81.3 cm³/mol. The minimum atomic E-state index is -4.89. The molecule has 4 N–H and O–H groups in total. The number of aromatic amines is 1. The average molecular weight is 386 g/mol. The quantitative estimate of drug-likeness (QED) is 0.519. The van der Waals surface area contributed by atoms with Crippen molar-refractivity contribution in [2.45, 2.75) is 12.7 Å². The van der Waals surface area contributed by atoms with E-state index < -0.39 is 39.2 Å². The second kappa shape index (κ2) is 3.90. The molecule has 1 aromatic rings. The highest BCUT2D eigenvalue weighted by Gasteiger charge is 3.19. The Hall–Kier alpha value is -1.65. The second-order valence-electron chi connectivity index (χ2n) is 8.98. The van der Waals surface area contributed by atoms with E-state index in [4.69, 9.17) is 0 Å². The number of hydrogen-bond acceptors (Lipinski definition) is 5. The van der Waals surface area contributed by atoms with Crippen molar-refractivity contribution in [1.82, 2.24) is 9.55 Å². The van der Waals surface area contributed by atoms with Crippen LogP contribution in [0.3, 0.4) is 0 Å². The van der Waals surface area contributed by atoms with Crippen molar-refractivity contribution in [3.63, 3.8) is 0 Å². The van der Waals surface area contributed by atoms with Crippen LogP contribution in [-0.2, 0) is 12.7 Å². The molecule has 0 spiro atoms. The van der Waals surface area contributed by atoms with Crippen molar-refractivity contribution in [3.05, 3.63) is 32.6 Å². The van der Waals surface area contributed by atoms with Gasteiger partial charge in [0, 0.05) is 54.2 Å². The summed E-state index contributed by atoms with van der Waals surface area (Å²) in [6.07, 6.45) is -4.35. The van der Waals surface area contributed by atoms with Crippen LogP contribution in [-0.4, -0.2) is 44.7 Å². The van der Waals surface area contributed by atoms with Crippen LogP contribution in [0.15, 0.2) is 15.8 Å². The Morgan fingerprint density at radius 3 is 2.15 bits per heavy atom. The highest BCUT2D eigenvalue weighted by Crippen LogP contribution is 3.18. The smallest absolute Gasteiger partial charge is 0.396 e. The van der Waals surface area contributed by atoms with E-state index in [1.165, 1.54) is 0 Å². The Morgan fingerprint density at radius 2 is 1.67 bits per heavy atom. The molecule has 6 aliphatic rings. The number of halogens is 3. The maximum Gasteiger partial charge on any atom is 0.423 e. The van der Waals surface area contributed by atoms with E-state index in [1.807, 2.05) is 0 Å². The zero-order valence-electron chi connectivity index (χ0n) is 14.0. The average Bonchev–Trinajstić information content (AvgIpc) is 2.61. The number of nitrogens with one attached hydrogen (secondary N) is 1. The van der Waals surface area contributed by atoms with Gasteiger partial charge in [-0.15, -0.1) is 0 Å². The molecular weight excluding hydrogens is 369 g/mol. The molecule has 10 heteroatoms. The summed E-state index contributed by atoms with van der Waals surface area (Å²) in [5, 5.41) is 30.0. The Balaban J connectivity index is 1.45. The van der Waals surface area contributed by atoms with Crippen molar-refractivity contribution in [1.29, 1.82) is 0 Å². The Kier molecular flexibility index (Phi) is 2.36. The molecule has 6 saturated carbocycles. The first-order chi connectivity index (χ1) is 12.7.